The molecule has 1 N–H and O–H groups in total. The first-order valence-electron chi connectivity index (χ1n) is 17.4. The molecule has 3 heterocycles. The fourth-order valence-corrected chi connectivity index (χ4v) is 7.07. The minimum Gasteiger partial charge on any atom is -0.496 e. The number of nitrogens with one attached hydrogen (secondary N) is 1. The van der Waals surface area contributed by atoms with Crippen molar-refractivity contribution in [3.05, 3.63) is 87.4 Å². The van der Waals surface area contributed by atoms with E-state index in [-0.39, 0.29) is 37.1 Å². The lowest BCUT2D eigenvalue weighted by atomic mass is 9.93. The number of hydrogen-bond acceptors (Lipinski definition) is 9. The molecule has 0 radical (unpaired) electrons. The molecule has 2 aliphatic rings. The van der Waals surface area contributed by atoms with Crippen LogP contribution in [0.25, 0.3) is 11.0 Å². The van der Waals surface area contributed by atoms with E-state index in [1.54, 1.807) is 36.4 Å². The van der Waals surface area contributed by atoms with Gasteiger partial charge in [0.05, 0.1) is 46.6 Å². The number of halogens is 5. The molecule has 0 bridgehead atoms. The topological polar surface area (TPSA) is 109 Å². The Morgan fingerprint density at radius 2 is 1.85 bits per heavy atom. The molecule has 0 aliphatic carbocycles. The maximum atomic E-state index is 13.9. The minimum absolute atomic E-state index is 0.0426. The van der Waals surface area contributed by atoms with Crippen LogP contribution < -0.4 is 10.1 Å². The number of piperidine rings is 1. The zero-order valence-corrected chi connectivity index (χ0v) is 30.9. The van der Waals surface area contributed by atoms with E-state index < -0.39 is 12.8 Å². The van der Waals surface area contributed by atoms with Gasteiger partial charge in [0, 0.05) is 45.2 Å². The molecule has 11 nitrogen and oxygen atoms in total. The summed E-state index contributed by atoms with van der Waals surface area (Å²) in [5, 5.41) is 16.1. The zero-order valence-electron chi connectivity index (χ0n) is 29.4. The molecule has 2 unspecified atom stereocenters. The van der Waals surface area contributed by atoms with E-state index in [1.807, 2.05) is 47.0 Å². The number of nitrogens with zero attached hydrogens (tertiary/aromatic N) is 7. The van der Waals surface area contributed by atoms with Crippen LogP contribution >= 0.6 is 23.2 Å². The molecule has 4 aromatic rings. The Morgan fingerprint density at radius 3 is 2.57 bits per heavy atom. The van der Waals surface area contributed by atoms with Gasteiger partial charge >= 0.3 is 6.18 Å². The summed E-state index contributed by atoms with van der Waals surface area (Å²) in [6, 6.07) is 18.3. The third-order valence-corrected chi connectivity index (χ3v) is 10.3. The predicted octanol–water partition coefficient (Wildman–Crippen LogP) is 8.25. The molecule has 6 rings (SSSR count). The first-order chi connectivity index (χ1) is 25.5. The monoisotopic (exact) mass is 772 g/mol. The minimum atomic E-state index is -4.37. The molecule has 16 heteroatoms. The number of ether oxygens (including phenoxy) is 2. The number of amides is 1. The van der Waals surface area contributed by atoms with E-state index in [0.717, 1.165) is 61.1 Å². The number of fused-ring (bicyclic) bond motifs is 1. The van der Waals surface area contributed by atoms with Crippen LogP contribution in [0.1, 0.15) is 52.7 Å². The number of aromatic nitrogens is 2. The molecule has 0 spiro atoms. The number of anilines is 1. The van der Waals surface area contributed by atoms with Crippen molar-refractivity contribution >= 4 is 52.3 Å². The second-order valence-electron chi connectivity index (χ2n) is 13.2. The summed E-state index contributed by atoms with van der Waals surface area (Å²) in [7, 11) is 3.32. The summed E-state index contributed by atoms with van der Waals surface area (Å²) < 4.78 is 50.3. The van der Waals surface area contributed by atoms with Crippen molar-refractivity contribution < 1.29 is 27.4 Å². The summed E-state index contributed by atoms with van der Waals surface area (Å²) in [5.41, 5.74) is 3.80. The van der Waals surface area contributed by atoms with Gasteiger partial charge in [0.25, 0.3) is 5.91 Å². The van der Waals surface area contributed by atoms with Crippen LogP contribution in [0.15, 0.2) is 76.1 Å². The number of likely N-dealkylation sites (tertiary alicyclic amines) is 1. The number of methoxy groups -OCH3 is 1. The average molecular weight is 774 g/mol. The molecular formula is C37H41Cl2F3N8O3. The highest BCUT2D eigenvalue weighted by atomic mass is 35.5. The Hall–Kier alpha value is -4.24. The first-order valence-corrected chi connectivity index (χ1v) is 18.1. The normalized spacial score (nSPS) is 17.1. The number of benzene rings is 3. The van der Waals surface area contributed by atoms with E-state index in [4.69, 9.17) is 37.7 Å². The van der Waals surface area contributed by atoms with Crippen molar-refractivity contribution in [3.63, 3.8) is 0 Å². The SMILES string of the molecule is COc1ccc(C2C=NN=N2)cc1C(=O)N(C)CC(CCN1CCC(Nc2nc3ccccc3n2CCOCC(F)(F)F)CC1)c1ccc(Cl)c(Cl)c1. The largest absolute Gasteiger partial charge is 0.496 e. The van der Waals surface area contributed by atoms with E-state index >= 15 is 0 Å². The van der Waals surface area contributed by atoms with Gasteiger partial charge in [-0.3, -0.25) is 4.79 Å². The molecule has 0 saturated carbocycles. The molecule has 2 atom stereocenters. The Morgan fingerprint density at radius 1 is 1.06 bits per heavy atom. The van der Waals surface area contributed by atoms with Gasteiger partial charge in [-0.25, -0.2) is 4.98 Å². The predicted molar refractivity (Wildman–Crippen MR) is 200 cm³/mol. The number of likely N-dealkylation sites (N-methyl/N-ethyl adjacent to an activating group) is 1. The van der Waals surface area contributed by atoms with E-state index in [9.17, 15) is 18.0 Å². The number of rotatable bonds is 15. The number of carbonyl (C=O) groups excluding carboxylic acids is 1. The van der Waals surface area contributed by atoms with E-state index in [2.05, 4.69) is 25.7 Å². The van der Waals surface area contributed by atoms with Gasteiger partial charge in [0.1, 0.15) is 18.4 Å². The third-order valence-electron chi connectivity index (χ3n) is 9.58. The van der Waals surface area contributed by atoms with Crippen LogP contribution in [0.5, 0.6) is 5.75 Å². The Bertz CT molecular complexity index is 1940. The van der Waals surface area contributed by atoms with Crippen molar-refractivity contribution in [2.24, 2.45) is 15.4 Å². The van der Waals surface area contributed by atoms with Crippen LogP contribution in [0.4, 0.5) is 19.1 Å². The van der Waals surface area contributed by atoms with Gasteiger partial charge in [-0.15, -0.1) is 5.10 Å². The second kappa shape index (κ2) is 17.3. The Kier molecular flexibility index (Phi) is 12.5. The molecule has 53 heavy (non-hydrogen) atoms. The highest BCUT2D eigenvalue weighted by Crippen LogP contribution is 2.32. The van der Waals surface area contributed by atoms with Gasteiger partial charge in [0.15, 0.2) is 0 Å². The van der Waals surface area contributed by atoms with Crippen LogP contribution in [-0.4, -0.2) is 97.2 Å². The molecular weight excluding hydrogens is 732 g/mol. The number of para-hydroxylation sites is 2. The van der Waals surface area contributed by atoms with E-state index in [1.165, 1.54) is 7.11 Å². The highest BCUT2D eigenvalue weighted by molar-refractivity contribution is 6.42. The van der Waals surface area contributed by atoms with E-state index in [0.29, 0.717) is 33.9 Å². The average Bonchev–Trinajstić information content (AvgIpc) is 3.81. The summed E-state index contributed by atoms with van der Waals surface area (Å²) in [6.45, 7) is 1.75. The maximum absolute atomic E-state index is 13.9. The number of carbonyl (C=O) groups is 1. The highest BCUT2D eigenvalue weighted by Gasteiger charge is 2.28. The number of alkyl halides is 3. The smallest absolute Gasteiger partial charge is 0.411 e. The van der Waals surface area contributed by atoms with Gasteiger partial charge in [0.2, 0.25) is 5.95 Å². The van der Waals surface area contributed by atoms with Crippen molar-refractivity contribution in [1.29, 1.82) is 0 Å². The standard InChI is InChI=1S/C37H41Cl2F3N8O3/c1-48(35(51)28-19-25(8-10-34(28)52-2)32-21-43-47-46-32)22-26(24-7-9-29(38)30(39)20-24)11-14-49-15-12-27(13-16-49)44-36-45-31-5-3-4-6-33(31)50(36)17-18-53-23-37(40,41)42/h3-10,19-21,26-27,32H,11-18,22-23H2,1-2H3,(H,44,45). The number of hydrogen-bond donors (Lipinski definition) is 1. The maximum Gasteiger partial charge on any atom is 0.411 e. The summed E-state index contributed by atoms with van der Waals surface area (Å²) in [5.74, 6) is 0.852. The van der Waals surface area contributed by atoms with Crippen LogP contribution in [-0.2, 0) is 11.3 Å². The molecule has 1 amide bonds. The van der Waals surface area contributed by atoms with Crippen molar-refractivity contribution in [1.82, 2.24) is 19.4 Å². The number of imidazole rings is 1. The Balaban J connectivity index is 1.09. The quantitative estimate of drug-likeness (QED) is 0.122. The lowest BCUT2D eigenvalue weighted by molar-refractivity contribution is -0.174. The summed E-state index contributed by atoms with van der Waals surface area (Å²) >= 11 is 12.7. The van der Waals surface area contributed by atoms with Crippen molar-refractivity contribution in [2.45, 2.75) is 50.0 Å². The van der Waals surface area contributed by atoms with Crippen LogP contribution in [0.2, 0.25) is 10.0 Å². The second-order valence-corrected chi connectivity index (χ2v) is 14.0. The fourth-order valence-electron chi connectivity index (χ4n) is 6.76. The van der Waals surface area contributed by atoms with Gasteiger partial charge in [-0.05, 0) is 78.6 Å². The molecule has 2 aliphatic heterocycles. The van der Waals surface area contributed by atoms with Gasteiger partial charge < -0.3 is 29.2 Å². The first kappa shape index (κ1) is 38.5. The van der Waals surface area contributed by atoms with Gasteiger partial charge in [-0.1, -0.05) is 47.5 Å². The zero-order chi connectivity index (χ0) is 37.5. The summed E-state index contributed by atoms with van der Waals surface area (Å²) in [6.07, 6.45) is -0.285. The molecule has 3 aromatic carbocycles. The van der Waals surface area contributed by atoms with Crippen molar-refractivity contribution in [3.8, 4) is 5.75 Å². The lowest BCUT2D eigenvalue weighted by Gasteiger charge is -2.34. The molecule has 1 aromatic heterocycles. The van der Waals surface area contributed by atoms with Gasteiger partial charge in [-0.2, -0.15) is 18.3 Å². The van der Waals surface area contributed by atoms with Crippen LogP contribution in [0, 0.1) is 0 Å². The van der Waals surface area contributed by atoms with Crippen molar-refractivity contribution in [2.75, 3.05) is 58.9 Å². The molecule has 1 fully saturated rings. The third kappa shape index (κ3) is 9.85. The lowest BCUT2D eigenvalue weighted by Crippen LogP contribution is -2.41. The Labute approximate surface area is 315 Å². The fraction of sp³-hybridized carbons (Fsp3) is 0.432. The summed E-state index contributed by atoms with van der Waals surface area (Å²) in [4.78, 5) is 22.8. The molecule has 282 valence electrons. The molecule has 1 saturated heterocycles. The van der Waals surface area contributed by atoms with Crippen LogP contribution in [0.3, 0.4) is 0 Å².